The van der Waals surface area contributed by atoms with Gasteiger partial charge in [-0.15, -0.1) is 0 Å². The minimum Gasteiger partial charge on any atom is -0.282 e. The van der Waals surface area contributed by atoms with Gasteiger partial charge in [0.1, 0.15) is 0 Å². The Balaban J connectivity index is 5.90. The monoisotopic (exact) mass is 334 g/mol. The van der Waals surface area contributed by atoms with Crippen molar-refractivity contribution >= 4 is 18.2 Å². The van der Waals surface area contributed by atoms with Gasteiger partial charge in [-0.2, -0.15) is 8.42 Å². The van der Waals surface area contributed by atoms with Gasteiger partial charge in [0.15, 0.2) is 0 Å². The lowest BCUT2D eigenvalue weighted by Gasteiger charge is -2.46. The zero-order valence-electron chi connectivity index (χ0n) is 14.8. The Hall–Kier alpha value is -0.133. The zero-order chi connectivity index (χ0) is 16.9. The Kier molecular flexibility index (Phi) is 7.88. The molecule has 0 atom stereocenters. The average Bonchev–Trinajstić information content (AvgIpc) is 2.22. The molecule has 0 aromatic heterocycles. The van der Waals surface area contributed by atoms with Gasteiger partial charge >= 0.3 is 0 Å². The highest BCUT2D eigenvalue weighted by Gasteiger charge is 2.45. The SMILES string of the molecule is CCCC(C)(C)[Si](C=CS(=O)(=O)O)(CC(C)C)CC(C)C. The van der Waals surface area contributed by atoms with E-state index in [1.807, 2.05) is 5.70 Å². The predicted octanol–water partition coefficient (Wildman–Crippen LogP) is 5.27. The van der Waals surface area contributed by atoms with E-state index >= 15 is 0 Å². The molecule has 0 bridgehead atoms. The molecule has 0 rings (SSSR count). The van der Waals surface area contributed by atoms with Crippen LogP contribution in [-0.2, 0) is 10.1 Å². The van der Waals surface area contributed by atoms with Crippen molar-refractivity contribution in [3.05, 3.63) is 11.1 Å². The first-order valence-electron chi connectivity index (χ1n) is 8.02. The molecule has 0 saturated heterocycles. The van der Waals surface area contributed by atoms with E-state index in [1.54, 1.807) is 0 Å². The predicted molar refractivity (Wildman–Crippen MR) is 94.7 cm³/mol. The smallest absolute Gasteiger partial charge is 0.282 e. The maximum Gasteiger partial charge on any atom is 0.286 e. The topological polar surface area (TPSA) is 54.4 Å². The van der Waals surface area contributed by atoms with Crippen molar-refractivity contribution in [3.8, 4) is 0 Å². The lowest BCUT2D eigenvalue weighted by molar-refractivity contribution is 0.494. The molecule has 21 heavy (non-hydrogen) atoms. The Labute approximate surface area is 133 Å². The normalized spacial score (nSPS) is 14.6. The second-order valence-electron chi connectivity index (χ2n) is 7.80. The summed E-state index contributed by atoms with van der Waals surface area (Å²) in [6.07, 6.45) is 2.19. The fourth-order valence-corrected chi connectivity index (χ4v) is 10.9. The maximum atomic E-state index is 11.2. The highest BCUT2D eigenvalue weighted by Crippen LogP contribution is 2.49. The molecule has 3 nitrogen and oxygen atoms in total. The summed E-state index contributed by atoms with van der Waals surface area (Å²) in [5.74, 6) is 1.05. The number of hydrogen-bond donors (Lipinski definition) is 1. The summed E-state index contributed by atoms with van der Waals surface area (Å²) < 4.78 is 31.6. The molecule has 0 aromatic carbocycles. The minimum absolute atomic E-state index is 0.123. The van der Waals surface area contributed by atoms with E-state index in [9.17, 15) is 8.42 Å². The van der Waals surface area contributed by atoms with E-state index < -0.39 is 18.2 Å². The molecule has 0 aliphatic carbocycles. The van der Waals surface area contributed by atoms with Crippen LogP contribution in [0.2, 0.25) is 17.1 Å². The largest absolute Gasteiger partial charge is 0.286 e. The summed E-state index contributed by atoms with van der Waals surface area (Å²) in [5, 5.41) is 1.18. The van der Waals surface area contributed by atoms with Gasteiger partial charge in [-0.05, 0) is 16.9 Å². The highest BCUT2D eigenvalue weighted by atomic mass is 32.2. The lowest BCUT2D eigenvalue weighted by atomic mass is 10.1. The summed E-state index contributed by atoms with van der Waals surface area (Å²) in [4.78, 5) is 0. The molecule has 0 saturated carbocycles. The summed E-state index contributed by atoms with van der Waals surface area (Å²) >= 11 is 0. The molecular formula is C16H34O3SSi. The van der Waals surface area contributed by atoms with E-state index in [0.717, 1.165) is 30.3 Å². The molecular weight excluding hydrogens is 300 g/mol. The first kappa shape index (κ1) is 20.9. The van der Waals surface area contributed by atoms with Crippen molar-refractivity contribution in [1.82, 2.24) is 0 Å². The van der Waals surface area contributed by atoms with Gasteiger partial charge < -0.3 is 0 Å². The van der Waals surface area contributed by atoms with Crippen LogP contribution in [0.1, 0.15) is 61.3 Å². The van der Waals surface area contributed by atoms with E-state index in [4.69, 9.17) is 4.55 Å². The molecule has 126 valence electrons. The highest BCUT2D eigenvalue weighted by molar-refractivity contribution is 7.88. The summed E-state index contributed by atoms with van der Waals surface area (Å²) in [5.41, 5.74) is 1.90. The van der Waals surface area contributed by atoms with Gasteiger partial charge in [-0.1, -0.05) is 79.1 Å². The van der Waals surface area contributed by atoms with E-state index in [1.165, 1.54) is 0 Å². The third-order valence-electron chi connectivity index (χ3n) is 4.33. The Morgan fingerprint density at radius 2 is 1.52 bits per heavy atom. The van der Waals surface area contributed by atoms with Crippen molar-refractivity contribution in [3.63, 3.8) is 0 Å². The second kappa shape index (κ2) is 7.93. The molecule has 0 radical (unpaired) electrons. The number of rotatable bonds is 9. The van der Waals surface area contributed by atoms with Gasteiger partial charge in [0, 0.05) is 0 Å². The molecule has 0 aliphatic heterocycles. The molecule has 0 aliphatic rings. The van der Waals surface area contributed by atoms with Crippen LogP contribution >= 0.6 is 0 Å². The average molecular weight is 335 g/mol. The molecule has 0 spiro atoms. The second-order valence-corrected chi connectivity index (χ2v) is 13.9. The van der Waals surface area contributed by atoms with E-state index in [0.29, 0.717) is 11.8 Å². The van der Waals surface area contributed by atoms with Gasteiger partial charge in [0.05, 0.1) is 13.5 Å². The molecule has 0 fully saturated rings. The first-order valence-corrected chi connectivity index (χ1v) is 12.0. The third kappa shape index (κ3) is 7.11. The van der Waals surface area contributed by atoms with Crippen molar-refractivity contribution in [2.24, 2.45) is 11.8 Å². The maximum absolute atomic E-state index is 11.2. The van der Waals surface area contributed by atoms with Gasteiger partial charge in [0.25, 0.3) is 10.1 Å². The summed E-state index contributed by atoms with van der Waals surface area (Å²) in [6.45, 7) is 15.5. The molecule has 0 unspecified atom stereocenters. The van der Waals surface area contributed by atoms with E-state index in [2.05, 4.69) is 48.5 Å². The van der Waals surface area contributed by atoms with Crippen molar-refractivity contribution in [2.45, 2.75) is 78.4 Å². The first-order chi connectivity index (χ1) is 9.35. The molecule has 5 heteroatoms. The van der Waals surface area contributed by atoms with Crippen LogP contribution in [0.3, 0.4) is 0 Å². The minimum atomic E-state index is -4.05. The fourth-order valence-electron chi connectivity index (χ4n) is 3.54. The van der Waals surface area contributed by atoms with Crippen LogP contribution in [-0.4, -0.2) is 21.0 Å². The van der Waals surface area contributed by atoms with E-state index in [-0.39, 0.29) is 5.04 Å². The molecule has 0 aromatic rings. The zero-order valence-corrected chi connectivity index (χ0v) is 16.6. The Bertz CT molecular complexity index is 426. The summed E-state index contributed by atoms with van der Waals surface area (Å²) in [7, 11) is -6.05. The van der Waals surface area contributed by atoms with Crippen LogP contribution in [0.5, 0.6) is 0 Å². The fraction of sp³-hybridized carbons (Fsp3) is 0.875. The van der Waals surface area contributed by atoms with Crippen LogP contribution in [0.15, 0.2) is 11.1 Å². The third-order valence-corrected chi connectivity index (χ3v) is 11.9. The van der Waals surface area contributed by atoms with Gasteiger partial charge in [-0.3, -0.25) is 4.55 Å². The van der Waals surface area contributed by atoms with Gasteiger partial charge in [0.2, 0.25) is 0 Å². The van der Waals surface area contributed by atoms with Crippen molar-refractivity contribution in [1.29, 1.82) is 0 Å². The standard InChI is InChI=1S/C16H34O3SSi/c1-8-9-16(6,7)21(12-14(2)3,13-15(4)5)11-10-20(17,18)19/h10-11,14-15H,8-9,12-13H2,1-7H3,(H,17,18,19). The van der Waals surface area contributed by atoms with Crippen LogP contribution < -0.4 is 0 Å². The van der Waals surface area contributed by atoms with Crippen LogP contribution in [0.25, 0.3) is 0 Å². The Morgan fingerprint density at radius 3 is 1.81 bits per heavy atom. The van der Waals surface area contributed by atoms with Crippen LogP contribution in [0, 0.1) is 11.8 Å². The quantitative estimate of drug-likeness (QED) is 0.462. The summed E-state index contributed by atoms with van der Waals surface area (Å²) in [6, 6.07) is 2.12. The van der Waals surface area contributed by atoms with Crippen LogP contribution in [0.4, 0.5) is 0 Å². The molecule has 0 heterocycles. The molecule has 0 amide bonds. The lowest BCUT2D eigenvalue weighted by Crippen LogP contribution is -2.46. The van der Waals surface area contributed by atoms with Gasteiger partial charge in [-0.25, -0.2) is 0 Å². The van der Waals surface area contributed by atoms with Crippen molar-refractivity contribution in [2.75, 3.05) is 0 Å². The molecule has 1 N–H and O–H groups in total. The van der Waals surface area contributed by atoms with Crippen molar-refractivity contribution < 1.29 is 13.0 Å². The number of hydrogen-bond acceptors (Lipinski definition) is 2. The Morgan fingerprint density at radius 1 is 1.10 bits per heavy atom.